The Morgan fingerprint density at radius 2 is 2.21 bits per heavy atom. The fourth-order valence-electron chi connectivity index (χ4n) is 1.49. The van der Waals surface area contributed by atoms with Gasteiger partial charge in [-0.1, -0.05) is 0 Å². The lowest BCUT2D eigenvalue weighted by Crippen LogP contribution is -2.00. The van der Waals surface area contributed by atoms with E-state index >= 15 is 0 Å². The van der Waals surface area contributed by atoms with Gasteiger partial charge in [0.25, 0.3) is 0 Å². The number of aryl methyl sites for hydroxylation is 1. The number of methoxy groups -OCH3 is 1. The molecule has 1 aromatic carbocycles. The number of hydrogen-bond acceptors (Lipinski definition) is 3. The molecule has 0 saturated heterocycles. The van der Waals surface area contributed by atoms with Crippen molar-refractivity contribution >= 4 is 27.4 Å². The van der Waals surface area contributed by atoms with Crippen molar-refractivity contribution in [2.45, 2.75) is 6.92 Å². The van der Waals surface area contributed by atoms with Crippen LogP contribution in [0.15, 0.2) is 23.6 Å². The molecule has 72 valence electrons. The predicted molar refractivity (Wildman–Crippen MR) is 57.9 cm³/mol. The summed E-state index contributed by atoms with van der Waals surface area (Å²) in [7, 11) is 1.40. The van der Waals surface area contributed by atoms with Gasteiger partial charge < -0.3 is 4.74 Å². The predicted octanol–water partition coefficient (Wildman–Crippen LogP) is 3.00. The van der Waals surface area contributed by atoms with Crippen molar-refractivity contribution in [1.29, 1.82) is 0 Å². The molecule has 14 heavy (non-hydrogen) atoms. The Hall–Kier alpha value is -1.35. The van der Waals surface area contributed by atoms with E-state index in [4.69, 9.17) is 0 Å². The molecule has 1 aromatic heterocycles. The van der Waals surface area contributed by atoms with Crippen LogP contribution >= 0.6 is 11.3 Å². The normalized spacial score (nSPS) is 10.4. The fraction of sp³-hybridized carbons (Fsp3) is 0.182. The zero-order chi connectivity index (χ0) is 10.1. The van der Waals surface area contributed by atoms with Crippen molar-refractivity contribution in [1.82, 2.24) is 0 Å². The van der Waals surface area contributed by atoms with Crippen LogP contribution in [0, 0.1) is 6.92 Å². The molecule has 0 amide bonds. The number of fused-ring (bicyclic) bond motifs is 1. The van der Waals surface area contributed by atoms with Crippen LogP contribution in [0.1, 0.15) is 15.9 Å². The van der Waals surface area contributed by atoms with Crippen molar-refractivity contribution in [3.05, 3.63) is 34.7 Å². The molecule has 0 radical (unpaired) electrons. The number of hydrogen-bond donors (Lipinski definition) is 0. The molecule has 0 bridgehead atoms. The Morgan fingerprint density at radius 3 is 2.93 bits per heavy atom. The van der Waals surface area contributed by atoms with Gasteiger partial charge in [0.15, 0.2) is 0 Å². The monoisotopic (exact) mass is 206 g/mol. The molecule has 1 heterocycles. The minimum absolute atomic E-state index is 0.275. The van der Waals surface area contributed by atoms with E-state index < -0.39 is 0 Å². The summed E-state index contributed by atoms with van der Waals surface area (Å²) in [5.74, 6) is -0.275. The minimum atomic E-state index is -0.275. The van der Waals surface area contributed by atoms with Crippen molar-refractivity contribution in [2.75, 3.05) is 7.11 Å². The smallest absolute Gasteiger partial charge is 0.337 e. The average molecular weight is 206 g/mol. The number of carbonyl (C=O) groups excluding carboxylic acids is 1. The summed E-state index contributed by atoms with van der Waals surface area (Å²) >= 11 is 1.64. The highest BCUT2D eigenvalue weighted by Crippen LogP contribution is 2.25. The van der Waals surface area contributed by atoms with E-state index in [1.54, 1.807) is 11.3 Å². The van der Waals surface area contributed by atoms with Gasteiger partial charge in [-0.3, -0.25) is 0 Å². The van der Waals surface area contributed by atoms with Crippen LogP contribution in [-0.2, 0) is 4.74 Å². The van der Waals surface area contributed by atoms with Gasteiger partial charge in [0, 0.05) is 4.70 Å². The number of carbonyl (C=O) groups is 1. The van der Waals surface area contributed by atoms with Crippen LogP contribution < -0.4 is 0 Å². The van der Waals surface area contributed by atoms with Crippen LogP contribution in [0.3, 0.4) is 0 Å². The average Bonchev–Trinajstić information content (AvgIpc) is 2.64. The Bertz CT molecular complexity index is 485. The third-order valence-electron chi connectivity index (χ3n) is 2.20. The Labute approximate surface area is 86.1 Å². The molecule has 0 aliphatic rings. The highest BCUT2D eigenvalue weighted by molar-refractivity contribution is 7.17. The molecule has 3 heteroatoms. The lowest BCUT2D eigenvalue weighted by molar-refractivity contribution is 0.0601. The maximum absolute atomic E-state index is 11.3. The first-order chi connectivity index (χ1) is 6.72. The molecule has 0 spiro atoms. The Morgan fingerprint density at radius 1 is 1.43 bits per heavy atom. The molecule has 0 aliphatic heterocycles. The third-order valence-corrected chi connectivity index (χ3v) is 3.06. The SMILES string of the molecule is COC(=O)c1cc(C)c2ccsc2c1. The molecular formula is C11H10O2S. The highest BCUT2D eigenvalue weighted by Gasteiger charge is 2.08. The number of benzene rings is 1. The minimum Gasteiger partial charge on any atom is -0.465 e. The highest BCUT2D eigenvalue weighted by atomic mass is 32.1. The van der Waals surface area contributed by atoms with Gasteiger partial charge in [0.1, 0.15) is 0 Å². The summed E-state index contributed by atoms with van der Waals surface area (Å²) < 4.78 is 5.81. The molecule has 0 atom stereocenters. The second-order valence-electron chi connectivity index (χ2n) is 3.12. The first kappa shape index (κ1) is 9.21. The summed E-state index contributed by atoms with van der Waals surface area (Å²) in [6, 6.07) is 5.80. The van der Waals surface area contributed by atoms with Crippen LogP contribution in [0.2, 0.25) is 0 Å². The summed E-state index contributed by atoms with van der Waals surface area (Å²) in [5.41, 5.74) is 1.74. The van der Waals surface area contributed by atoms with E-state index in [0.717, 1.165) is 10.3 Å². The summed E-state index contributed by atoms with van der Waals surface area (Å²) in [6.07, 6.45) is 0. The summed E-state index contributed by atoms with van der Waals surface area (Å²) in [5, 5.41) is 3.24. The molecule has 2 nitrogen and oxygen atoms in total. The third kappa shape index (κ3) is 1.40. The lowest BCUT2D eigenvalue weighted by atomic mass is 10.1. The van der Waals surface area contributed by atoms with E-state index in [9.17, 15) is 4.79 Å². The standard InChI is InChI=1S/C11H10O2S/c1-7-5-8(11(12)13-2)6-10-9(7)3-4-14-10/h3-6H,1-2H3. The molecule has 0 unspecified atom stereocenters. The number of rotatable bonds is 1. The number of ether oxygens (including phenoxy) is 1. The van der Waals surface area contributed by atoms with E-state index in [0.29, 0.717) is 5.56 Å². The Balaban J connectivity index is 2.64. The molecule has 0 saturated carbocycles. The number of esters is 1. The second-order valence-corrected chi connectivity index (χ2v) is 4.06. The van der Waals surface area contributed by atoms with Crippen LogP contribution in [0.5, 0.6) is 0 Å². The van der Waals surface area contributed by atoms with Gasteiger partial charge in [-0.2, -0.15) is 0 Å². The van der Waals surface area contributed by atoms with Crippen LogP contribution in [0.4, 0.5) is 0 Å². The van der Waals surface area contributed by atoms with Crippen molar-refractivity contribution in [2.24, 2.45) is 0 Å². The zero-order valence-corrected chi connectivity index (χ0v) is 8.85. The molecular weight excluding hydrogens is 196 g/mol. The quantitative estimate of drug-likeness (QED) is 0.670. The summed E-state index contributed by atoms with van der Waals surface area (Å²) in [6.45, 7) is 2.00. The first-order valence-corrected chi connectivity index (χ1v) is 5.16. The van der Waals surface area contributed by atoms with Gasteiger partial charge in [-0.15, -0.1) is 11.3 Å². The molecule has 2 aromatic rings. The lowest BCUT2D eigenvalue weighted by Gasteiger charge is -2.01. The molecule has 0 fully saturated rings. The van der Waals surface area contributed by atoms with E-state index in [2.05, 4.69) is 10.8 Å². The van der Waals surface area contributed by atoms with Gasteiger partial charge in [0.05, 0.1) is 12.7 Å². The fourth-order valence-corrected chi connectivity index (χ4v) is 2.39. The van der Waals surface area contributed by atoms with Crippen LogP contribution in [0.25, 0.3) is 10.1 Å². The van der Waals surface area contributed by atoms with Gasteiger partial charge in [-0.25, -0.2) is 4.79 Å². The van der Waals surface area contributed by atoms with E-state index in [-0.39, 0.29) is 5.97 Å². The maximum atomic E-state index is 11.3. The zero-order valence-electron chi connectivity index (χ0n) is 8.03. The maximum Gasteiger partial charge on any atom is 0.337 e. The van der Waals surface area contributed by atoms with E-state index in [1.165, 1.54) is 12.5 Å². The molecule has 0 N–H and O–H groups in total. The van der Waals surface area contributed by atoms with Crippen molar-refractivity contribution < 1.29 is 9.53 Å². The first-order valence-electron chi connectivity index (χ1n) is 4.28. The van der Waals surface area contributed by atoms with Crippen molar-refractivity contribution in [3.63, 3.8) is 0 Å². The van der Waals surface area contributed by atoms with E-state index in [1.807, 2.05) is 24.4 Å². The largest absolute Gasteiger partial charge is 0.465 e. The van der Waals surface area contributed by atoms with Gasteiger partial charge >= 0.3 is 5.97 Å². The van der Waals surface area contributed by atoms with Gasteiger partial charge in [-0.05, 0) is 41.5 Å². The molecule has 0 aliphatic carbocycles. The summed E-state index contributed by atoms with van der Waals surface area (Å²) in [4.78, 5) is 11.3. The van der Waals surface area contributed by atoms with Gasteiger partial charge in [0.2, 0.25) is 0 Å². The number of thiophene rings is 1. The topological polar surface area (TPSA) is 26.3 Å². The van der Waals surface area contributed by atoms with Crippen molar-refractivity contribution in [3.8, 4) is 0 Å². The van der Waals surface area contributed by atoms with Crippen LogP contribution in [-0.4, -0.2) is 13.1 Å². The second kappa shape index (κ2) is 3.42. The Kier molecular flexibility index (Phi) is 2.25. The molecule has 2 rings (SSSR count).